The number of nitrogens with one attached hydrogen (secondary N) is 1. The van der Waals surface area contributed by atoms with Crippen LogP contribution in [0, 0.1) is 11.6 Å². The van der Waals surface area contributed by atoms with Crippen LogP contribution in [-0.2, 0) is 22.4 Å². The molecule has 0 fully saturated rings. The summed E-state index contributed by atoms with van der Waals surface area (Å²) in [6, 6.07) is 7.71. The predicted molar refractivity (Wildman–Crippen MR) is 130 cm³/mol. The van der Waals surface area contributed by atoms with Gasteiger partial charge < -0.3 is 27.0 Å². The van der Waals surface area contributed by atoms with Crippen molar-refractivity contribution in [2.75, 3.05) is 6.54 Å². The van der Waals surface area contributed by atoms with Crippen molar-refractivity contribution in [1.82, 2.24) is 5.32 Å². The van der Waals surface area contributed by atoms with E-state index in [9.17, 15) is 28.3 Å². The number of aliphatic hydroxyl groups is 1. The minimum Gasteiger partial charge on any atom is -0.478 e. The van der Waals surface area contributed by atoms with Crippen LogP contribution in [-0.4, -0.2) is 52.6 Å². The number of carbonyl (C=O) groups is 3. The summed E-state index contributed by atoms with van der Waals surface area (Å²) in [5.41, 5.74) is 12.8. The van der Waals surface area contributed by atoms with Crippen molar-refractivity contribution in [2.24, 2.45) is 11.5 Å². The van der Waals surface area contributed by atoms with Crippen LogP contribution in [0.3, 0.4) is 0 Å². The summed E-state index contributed by atoms with van der Waals surface area (Å²) in [6.45, 7) is 0.308. The molecule has 0 saturated carbocycles. The van der Waals surface area contributed by atoms with E-state index in [1.807, 2.05) is 0 Å². The molecule has 0 spiro atoms. The molecule has 0 radical (unpaired) electrons. The average molecular weight is 506 g/mol. The second kappa shape index (κ2) is 14.4. The number of hydrogen-bond acceptors (Lipinski definition) is 6. The van der Waals surface area contributed by atoms with Gasteiger partial charge in [-0.05, 0) is 67.1 Å². The quantitative estimate of drug-likeness (QED) is 0.232. The highest BCUT2D eigenvalue weighted by Crippen LogP contribution is 2.14. The standard InChI is InChI=1S/C26H33F2N3O5/c27-19-9-10-22(28)18(13-19)14-20(29)15-21(32)4-2-1-3-11-31-25(34)24(33)23(30)12-16-5-7-17(8-6-16)26(35)36/h5-10,13,20,23-24,33H,1-4,11-12,14-15,29-30H2,(H,31,34)(H,35,36)/t20?,23-,24+/m1/s1. The fraction of sp³-hybridized carbons (Fsp3) is 0.423. The Morgan fingerprint density at radius 2 is 1.64 bits per heavy atom. The smallest absolute Gasteiger partial charge is 0.335 e. The summed E-state index contributed by atoms with van der Waals surface area (Å²) in [6.07, 6.45) is 1.05. The third-order valence-electron chi connectivity index (χ3n) is 5.76. The van der Waals surface area contributed by atoms with Gasteiger partial charge in [0.05, 0.1) is 5.56 Å². The average Bonchev–Trinajstić information content (AvgIpc) is 2.83. The first-order chi connectivity index (χ1) is 17.1. The van der Waals surface area contributed by atoms with Gasteiger partial charge in [-0.3, -0.25) is 9.59 Å². The van der Waals surface area contributed by atoms with Crippen molar-refractivity contribution in [3.05, 3.63) is 70.8 Å². The van der Waals surface area contributed by atoms with E-state index in [2.05, 4.69) is 5.32 Å². The number of amides is 1. The lowest BCUT2D eigenvalue weighted by Gasteiger charge is -2.18. The second-order valence-corrected chi connectivity index (χ2v) is 8.86. The van der Waals surface area contributed by atoms with E-state index in [1.54, 1.807) is 12.1 Å². The molecule has 36 heavy (non-hydrogen) atoms. The Kier molecular flexibility index (Phi) is 11.6. The molecular formula is C26H33F2N3O5. The van der Waals surface area contributed by atoms with E-state index < -0.39 is 41.7 Å². The first kappa shape index (κ1) is 29.0. The normalized spacial score (nSPS) is 13.6. The topological polar surface area (TPSA) is 156 Å². The number of Topliss-reactive ketones (excluding diaryl/α,β-unsaturated/α-hetero) is 1. The van der Waals surface area contributed by atoms with Gasteiger partial charge in [0.2, 0.25) is 5.91 Å². The van der Waals surface area contributed by atoms with Crippen molar-refractivity contribution >= 4 is 17.7 Å². The predicted octanol–water partition coefficient (Wildman–Crippen LogP) is 2.10. The van der Waals surface area contributed by atoms with Gasteiger partial charge in [-0.1, -0.05) is 18.6 Å². The Balaban J connectivity index is 1.60. The summed E-state index contributed by atoms with van der Waals surface area (Å²) in [5.74, 6) is -2.83. The number of carboxylic acids is 1. The monoisotopic (exact) mass is 505 g/mol. The molecule has 10 heteroatoms. The number of hydrogen-bond donors (Lipinski definition) is 5. The number of aromatic carboxylic acids is 1. The number of carbonyl (C=O) groups excluding carboxylic acids is 2. The molecule has 0 saturated heterocycles. The zero-order chi connectivity index (χ0) is 26.7. The molecule has 2 aromatic rings. The number of unbranched alkanes of at least 4 members (excludes halogenated alkanes) is 2. The molecule has 0 aliphatic heterocycles. The largest absolute Gasteiger partial charge is 0.478 e. The number of ketones is 1. The Morgan fingerprint density at radius 1 is 0.944 bits per heavy atom. The van der Waals surface area contributed by atoms with Crippen LogP contribution in [0.2, 0.25) is 0 Å². The molecule has 1 unspecified atom stereocenters. The first-order valence-corrected chi connectivity index (χ1v) is 11.8. The maximum absolute atomic E-state index is 13.7. The van der Waals surface area contributed by atoms with Crippen molar-refractivity contribution in [3.63, 3.8) is 0 Å². The molecule has 3 atom stereocenters. The molecule has 0 bridgehead atoms. The number of benzene rings is 2. The fourth-order valence-electron chi connectivity index (χ4n) is 3.75. The fourth-order valence-corrected chi connectivity index (χ4v) is 3.75. The molecule has 1 amide bonds. The lowest BCUT2D eigenvalue weighted by Crippen LogP contribution is -2.47. The van der Waals surface area contributed by atoms with Gasteiger partial charge in [0.15, 0.2) is 0 Å². The van der Waals surface area contributed by atoms with E-state index in [0.717, 1.165) is 18.2 Å². The van der Waals surface area contributed by atoms with E-state index >= 15 is 0 Å². The molecule has 0 aliphatic carbocycles. The molecule has 0 heterocycles. The van der Waals surface area contributed by atoms with Gasteiger partial charge in [0.25, 0.3) is 0 Å². The second-order valence-electron chi connectivity index (χ2n) is 8.86. The summed E-state index contributed by atoms with van der Waals surface area (Å²) in [4.78, 5) is 35.1. The Labute approximate surface area is 208 Å². The molecule has 0 aromatic heterocycles. The minimum absolute atomic E-state index is 0.0653. The summed E-state index contributed by atoms with van der Waals surface area (Å²) >= 11 is 0. The Hall–Kier alpha value is -3.21. The van der Waals surface area contributed by atoms with Crippen LogP contribution in [0.15, 0.2) is 42.5 Å². The summed E-state index contributed by atoms with van der Waals surface area (Å²) < 4.78 is 26.9. The summed E-state index contributed by atoms with van der Waals surface area (Å²) in [5, 5.41) is 21.7. The third kappa shape index (κ3) is 9.80. The zero-order valence-electron chi connectivity index (χ0n) is 20.0. The van der Waals surface area contributed by atoms with Crippen LogP contribution in [0.5, 0.6) is 0 Å². The Morgan fingerprint density at radius 3 is 2.31 bits per heavy atom. The van der Waals surface area contributed by atoms with E-state index in [4.69, 9.17) is 16.6 Å². The molecule has 2 aromatic carbocycles. The maximum atomic E-state index is 13.7. The van der Waals surface area contributed by atoms with E-state index in [1.165, 1.54) is 12.1 Å². The maximum Gasteiger partial charge on any atom is 0.335 e. The van der Waals surface area contributed by atoms with Gasteiger partial charge in [-0.2, -0.15) is 0 Å². The van der Waals surface area contributed by atoms with Crippen LogP contribution < -0.4 is 16.8 Å². The van der Waals surface area contributed by atoms with Crippen LogP contribution in [0.25, 0.3) is 0 Å². The first-order valence-electron chi connectivity index (χ1n) is 11.8. The number of halogens is 2. The molecule has 2 rings (SSSR count). The van der Waals surface area contributed by atoms with E-state index in [-0.39, 0.29) is 36.2 Å². The van der Waals surface area contributed by atoms with Crippen LogP contribution in [0.4, 0.5) is 8.78 Å². The van der Waals surface area contributed by atoms with E-state index in [0.29, 0.717) is 37.8 Å². The lowest BCUT2D eigenvalue weighted by atomic mass is 9.99. The third-order valence-corrected chi connectivity index (χ3v) is 5.76. The number of nitrogens with two attached hydrogens (primary N) is 2. The van der Waals surface area contributed by atoms with Crippen molar-refractivity contribution in [2.45, 2.75) is 63.1 Å². The van der Waals surface area contributed by atoms with Gasteiger partial charge in [0.1, 0.15) is 23.5 Å². The number of rotatable bonds is 15. The van der Waals surface area contributed by atoms with Gasteiger partial charge in [-0.15, -0.1) is 0 Å². The van der Waals surface area contributed by atoms with Crippen molar-refractivity contribution in [1.29, 1.82) is 0 Å². The molecule has 196 valence electrons. The zero-order valence-corrected chi connectivity index (χ0v) is 20.0. The lowest BCUT2D eigenvalue weighted by molar-refractivity contribution is -0.130. The minimum atomic E-state index is -1.42. The molecule has 7 N–H and O–H groups in total. The summed E-state index contributed by atoms with van der Waals surface area (Å²) in [7, 11) is 0. The highest BCUT2D eigenvalue weighted by Gasteiger charge is 2.23. The molecule has 0 aliphatic rings. The van der Waals surface area contributed by atoms with Crippen molar-refractivity contribution < 1.29 is 33.4 Å². The molecular weight excluding hydrogens is 472 g/mol. The van der Waals surface area contributed by atoms with Gasteiger partial charge in [0, 0.05) is 31.5 Å². The van der Waals surface area contributed by atoms with Gasteiger partial charge in [-0.25, -0.2) is 13.6 Å². The van der Waals surface area contributed by atoms with Crippen LogP contribution >= 0.6 is 0 Å². The van der Waals surface area contributed by atoms with Crippen molar-refractivity contribution in [3.8, 4) is 0 Å². The number of carboxylic acid groups (broad SMARTS) is 1. The molecule has 8 nitrogen and oxygen atoms in total. The number of aliphatic hydroxyl groups excluding tert-OH is 1. The van der Waals surface area contributed by atoms with Crippen LogP contribution in [0.1, 0.15) is 53.6 Å². The Bertz CT molecular complexity index is 1030. The van der Waals surface area contributed by atoms with Gasteiger partial charge >= 0.3 is 5.97 Å². The highest BCUT2D eigenvalue weighted by atomic mass is 19.1. The SMILES string of the molecule is NC(CC(=O)CCCCCNC(=O)[C@@H](O)[C@H](N)Cc1ccc(C(=O)O)cc1)Cc1cc(F)ccc1F. The highest BCUT2D eigenvalue weighted by molar-refractivity contribution is 5.87.